The highest BCUT2D eigenvalue weighted by Crippen LogP contribution is 2.17. The van der Waals surface area contributed by atoms with Crippen LogP contribution in [-0.4, -0.2) is 5.91 Å². The third-order valence-electron chi connectivity index (χ3n) is 3.29. The molecule has 0 aliphatic carbocycles. The highest BCUT2D eigenvalue weighted by molar-refractivity contribution is 6.17. The number of carbonyl (C=O) groups is 1. The molecule has 2 aromatic carbocycles. The van der Waals surface area contributed by atoms with Gasteiger partial charge in [0, 0.05) is 11.4 Å². The molecule has 2 nitrogen and oxygen atoms in total. The summed E-state index contributed by atoms with van der Waals surface area (Å²) in [5.41, 5.74) is 2.80. The smallest absolute Gasteiger partial charge is 0.251 e. The number of alkyl halides is 1. The number of hydrogen-bond donors (Lipinski definition) is 1. The topological polar surface area (TPSA) is 29.1 Å². The average Bonchev–Trinajstić information content (AvgIpc) is 2.53. The van der Waals surface area contributed by atoms with Crippen molar-refractivity contribution in [2.75, 3.05) is 0 Å². The SMILES string of the molecule is CCC(NC(=O)c1ccc(CCl)cc1)c1ccccc1. The molecular weight excluding hydrogens is 270 g/mol. The van der Waals surface area contributed by atoms with E-state index < -0.39 is 0 Å². The van der Waals surface area contributed by atoms with Crippen molar-refractivity contribution in [3.8, 4) is 0 Å². The van der Waals surface area contributed by atoms with Crippen LogP contribution in [0.1, 0.15) is 40.9 Å². The van der Waals surface area contributed by atoms with E-state index in [1.54, 1.807) is 0 Å². The fourth-order valence-corrected chi connectivity index (χ4v) is 2.27. The molecule has 0 heterocycles. The number of benzene rings is 2. The van der Waals surface area contributed by atoms with Gasteiger partial charge in [0.25, 0.3) is 5.91 Å². The average molecular weight is 288 g/mol. The van der Waals surface area contributed by atoms with Gasteiger partial charge in [0.15, 0.2) is 0 Å². The minimum Gasteiger partial charge on any atom is -0.345 e. The van der Waals surface area contributed by atoms with E-state index >= 15 is 0 Å². The van der Waals surface area contributed by atoms with Crippen molar-refractivity contribution in [2.24, 2.45) is 0 Å². The van der Waals surface area contributed by atoms with E-state index in [1.165, 1.54) is 0 Å². The number of rotatable bonds is 5. The normalized spacial score (nSPS) is 11.9. The number of halogens is 1. The minimum atomic E-state index is -0.0539. The summed E-state index contributed by atoms with van der Waals surface area (Å²) < 4.78 is 0. The van der Waals surface area contributed by atoms with Gasteiger partial charge in [-0.2, -0.15) is 0 Å². The summed E-state index contributed by atoms with van der Waals surface area (Å²) in [5.74, 6) is 0.408. The number of hydrogen-bond acceptors (Lipinski definition) is 1. The Balaban J connectivity index is 2.09. The largest absolute Gasteiger partial charge is 0.345 e. The molecule has 0 fully saturated rings. The molecule has 1 atom stereocenters. The van der Waals surface area contributed by atoms with Gasteiger partial charge < -0.3 is 5.32 Å². The number of nitrogens with one attached hydrogen (secondary N) is 1. The maximum absolute atomic E-state index is 12.2. The lowest BCUT2D eigenvalue weighted by atomic mass is 10.0. The molecule has 0 saturated carbocycles. The van der Waals surface area contributed by atoms with Crippen LogP contribution in [0.5, 0.6) is 0 Å². The molecule has 1 N–H and O–H groups in total. The molecule has 0 aromatic heterocycles. The summed E-state index contributed by atoms with van der Waals surface area (Å²) in [7, 11) is 0. The van der Waals surface area contributed by atoms with Crippen molar-refractivity contribution in [1.29, 1.82) is 0 Å². The lowest BCUT2D eigenvalue weighted by molar-refractivity contribution is 0.0935. The summed E-state index contributed by atoms with van der Waals surface area (Å²) in [6.07, 6.45) is 0.857. The molecule has 1 unspecified atom stereocenters. The van der Waals surface area contributed by atoms with Gasteiger partial charge in [-0.25, -0.2) is 0 Å². The molecule has 0 radical (unpaired) electrons. The second kappa shape index (κ2) is 7.11. The van der Waals surface area contributed by atoms with E-state index in [0.717, 1.165) is 17.5 Å². The first-order chi connectivity index (χ1) is 9.74. The van der Waals surface area contributed by atoms with Gasteiger partial charge >= 0.3 is 0 Å². The summed E-state index contributed by atoms with van der Waals surface area (Å²) in [5, 5.41) is 3.06. The van der Waals surface area contributed by atoms with Gasteiger partial charge in [0.1, 0.15) is 0 Å². The van der Waals surface area contributed by atoms with E-state index in [1.807, 2.05) is 54.6 Å². The van der Waals surface area contributed by atoms with Crippen LogP contribution >= 0.6 is 11.6 Å². The minimum absolute atomic E-state index is 0.0383. The van der Waals surface area contributed by atoms with Gasteiger partial charge in [-0.05, 0) is 29.7 Å². The van der Waals surface area contributed by atoms with Gasteiger partial charge in [-0.1, -0.05) is 49.4 Å². The summed E-state index contributed by atoms with van der Waals surface area (Å²) >= 11 is 5.75. The maximum Gasteiger partial charge on any atom is 0.251 e. The van der Waals surface area contributed by atoms with Crippen LogP contribution in [0.4, 0.5) is 0 Å². The zero-order chi connectivity index (χ0) is 14.4. The Bertz CT molecular complexity index is 551. The highest BCUT2D eigenvalue weighted by Gasteiger charge is 2.13. The Hall–Kier alpha value is -1.80. The van der Waals surface area contributed by atoms with E-state index in [9.17, 15) is 4.79 Å². The predicted molar refractivity (Wildman–Crippen MR) is 82.9 cm³/mol. The zero-order valence-electron chi connectivity index (χ0n) is 11.5. The monoisotopic (exact) mass is 287 g/mol. The van der Waals surface area contributed by atoms with Crippen LogP contribution in [0.3, 0.4) is 0 Å². The van der Waals surface area contributed by atoms with E-state index in [-0.39, 0.29) is 11.9 Å². The zero-order valence-corrected chi connectivity index (χ0v) is 12.2. The van der Waals surface area contributed by atoms with Crippen molar-refractivity contribution < 1.29 is 4.79 Å². The molecule has 0 saturated heterocycles. The van der Waals surface area contributed by atoms with E-state index in [0.29, 0.717) is 11.4 Å². The van der Waals surface area contributed by atoms with Crippen LogP contribution in [0, 0.1) is 0 Å². The second-order valence-electron chi connectivity index (χ2n) is 4.68. The summed E-state index contributed by atoms with van der Waals surface area (Å²) in [6.45, 7) is 2.06. The van der Waals surface area contributed by atoms with Crippen LogP contribution < -0.4 is 5.32 Å². The van der Waals surface area contributed by atoms with Crippen molar-refractivity contribution in [1.82, 2.24) is 5.32 Å². The van der Waals surface area contributed by atoms with Crippen LogP contribution in [0.2, 0.25) is 0 Å². The predicted octanol–water partition coefficient (Wildman–Crippen LogP) is 4.31. The Morgan fingerprint density at radius 1 is 1.10 bits per heavy atom. The molecule has 20 heavy (non-hydrogen) atoms. The molecule has 0 aliphatic heterocycles. The molecular formula is C17H18ClNO. The van der Waals surface area contributed by atoms with Crippen LogP contribution in [-0.2, 0) is 5.88 Å². The van der Waals surface area contributed by atoms with Gasteiger partial charge in [-0.3, -0.25) is 4.79 Å². The molecule has 3 heteroatoms. The first-order valence-electron chi connectivity index (χ1n) is 6.75. The van der Waals surface area contributed by atoms with Crippen LogP contribution in [0.15, 0.2) is 54.6 Å². The molecule has 0 aliphatic rings. The highest BCUT2D eigenvalue weighted by atomic mass is 35.5. The fraction of sp³-hybridized carbons (Fsp3) is 0.235. The standard InChI is InChI=1S/C17H18ClNO/c1-2-16(14-6-4-3-5-7-14)19-17(20)15-10-8-13(12-18)9-11-15/h3-11,16H,2,12H2,1H3,(H,19,20). The van der Waals surface area contributed by atoms with Gasteiger partial charge in [0.2, 0.25) is 0 Å². The molecule has 0 spiro atoms. The Labute approximate surface area is 124 Å². The fourth-order valence-electron chi connectivity index (χ4n) is 2.09. The molecule has 2 aromatic rings. The maximum atomic E-state index is 12.2. The summed E-state index contributed by atoms with van der Waals surface area (Å²) in [6, 6.07) is 17.4. The third-order valence-corrected chi connectivity index (χ3v) is 3.59. The van der Waals surface area contributed by atoms with Gasteiger partial charge in [0.05, 0.1) is 6.04 Å². The first-order valence-corrected chi connectivity index (χ1v) is 7.28. The van der Waals surface area contributed by atoms with Crippen LogP contribution in [0.25, 0.3) is 0 Å². The molecule has 2 rings (SSSR count). The third kappa shape index (κ3) is 3.61. The van der Waals surface area contributed by atoms with Crippen molar-refractivity contribution in [3.05, 3.63) is 71.3 Å². The van der Waals surface area contributed by atoms with E-state index in [4.69, 9.17) is 11.6 Å². The Morgan fingerprint density at radius 3 is 2.30 bits per heavy atom. The lowest BCUT2D eigenvalue weighted by Crippen LogP contribution is -2.28. The summed E-state index contributed by atoms with van der Waals surface area (Å²) in [4.78, 5) is 12.2. The lowest BCUT2D eigenvalue weighted by Gasteiger charge is -2.17. The van der Waals surface area contributed by atoms with Crippen molar-refractivity contribution in [3.63, 3.8) is 0 Å². The van der Waals surface area contributed by atoms with Gasteiger partial charge in [-0.15, -0.1) is 11.6 Å². The quantitative estimate of drug-likeness (QED) is 0.816. The molecule has 1 amide bonds. The Kier molecular flexibility index (Phi) is 5.19. The Morgan fingerprint density at radius 2 is 1.75 bits per heavy atom. The first kappa shape index (κ1) is 14.6. The second-order valence-corrected chi connectivity index (χ2v) is 4.94. The van der Waals surface area contributed by atoms with Crippen molar-refractivity contribution >= 4 is 17.5 Å². The number of amides is 1. The molecule has 104 valence electrons. The van der Waals surface area contributed by atoms with E-state index in [2.05, 4.69) is 12.2 Å². The molecule has 0 bridgehead atoms. The number of carbonyl (C=O) groups excluding carboxylic acids is 1. The van der Waals surface area contributed by atoms with Crippen molar-refractivity contribution in [2.45, 2.75) is 25.3 Å².